The molecule has 20 heavy (non-hydrogen) atoms. The molecule has 1 aromatic heterocycles. The van der Waals surface area contributed by atoms with Crippen molar-refractivity contribution in [1.29, 1.82) is 0 Å². The molecule has 0 spiro atoms. The first-order chi connectivity index (χ1) is 9.76. The van der Waals surface area contributed by atoms with E-state index >= 15 is 0 Å². The zero-order chi connectivity index (χ0) is 14.4. The van der Waals surface area contributed by atoms with E-state index in [1.54, 1.807) is 0 Å². The van der Waals surface area contributed by atoms with Crippen molar-refractivity contribution >= 4 is 15.9 Å². The molecule has 0 bridgehead atoms. The van der Waals surface area contributed by atoms with Crippen LogP contribution in [-0.2, 0) is 13.0 Å². The summed E-state index contributed by atoms with van der Waals surface area (Å²) in [6.45, 7) is 7.17. The van der Waals surface area contributed by atoms with Gasteiger partial charge in [-0.15, -0.1) is 0 Å². The van der Waals surface area contributed by atoms with Gasteiger partial charge in [-0.25, -0.2) is 0 Å². The highest BCUT2D eigenvalue weighted by Crippen LogP contribution is 2.25. The Balaban J connectivity index is 2.21. The molecular formula is C16H22BrN3. The fourth-order valence-corrected chi connectivity index (χ4v) is 2.91. The number of benzene rings is 1. The van der Waals surface area contributed by atoms with Gasteiger partial charge in [0.15, 0.2) is 0 Å². The number of nitrogens with one attached hydrogen (secondary N) is 1. The van der Waals surface area contributed by atoms with Crippen LogP contribution in [0.1, 0.15) is 31.0 Å². The SMILES string of the molecule is CCNCC(Cc1c(Br)cnn1CC)c1ccccc1. The Hall–Kier alpha value is -1.13. The molecule has 0 amide bonds. The number of halogens is 1. The quantitative estimate of drug-likeness (QED) is 0.837. The molecule has 2 rings (SSSR count). The van der Waals surface area contributed by atoms with Gasteiger partial charge in [-0.1, -0.05) is 37.3 Å². The minimum atomic E-state index is 0.467. The van der Waals surface area contributed by atoms with E-state index in [4.69, 9.17) is 0 Å². The van der Waals surface area contributed by atoms with Crippen molar-refractivity contribution in [1.82, 2.24) is 15.1 Å². The van der Waals surface area contributed by atoms with E-state index in [9.17, 15) is 0 Å². The van der Waals surface area contributed by atoms with E-state index in [0.717, 1.165) is 30.5 Å². The Morgan fingerprint density at radius 1 is 1.25 bits per heavy atom. The molecule has 1 unspecified atom stereocenters. The van der Waals surface area contributed by atoms with Crippen LogP contribution in [0.5, 0.6) is 0 Å². The smallest absolute Gasteiger partial charge is 0.0635 e. The molecule has 0 aliphatic heterocycles. The summed E-state index contributed by atoms with van der Waals surface area (Å²) in [5, 5.41) is 7.88. The predicted octanol–water partition coefficient (Wildman–Crippen LogP) is 3.60. The maximum atomic E-state index is 4.41. The summed E-state index contributed by atoms with van der Waals surface area (Å²) in [4.78, 5) is 0. The van der Waals surface area contributed by atoms with Crippen LogP contribution in [0.3, 0.4) is 0 Å². The van der Waals surface area contributed by atoms with Gasteiger partial charge in [0.05, 0.1) is 16.4 Å². The Kier molecular flexibility index (Phi) is 5.80. The van der Waals surface area contributed by atoms with Crippen LogP contribution in [0, 0.1) is 0 Å². The van der Waals surface area contributed by atoms with Crippen LogP contribution in [0.25, 0.3) is 0 Å². The monoisotopic (exact) mass is 335 g/mol. The summed E-state index contributed by atoms with van der Waals surface area (Å²) < 4.78 is 3.18. The zero-order valence-corrected chi connectivity index (χ0v) is 13.7. The topological polar surface area (TPSA) is 29.9 Å². The third-order valence-electron chi connectivity index (χ3n) is 3.55. The van der Waals surface area contributed by atoms with Crippen molar-refractivity contribution < 1.29 is 0 Å². The standard InChI is InChI=1S/C16H22BrN3/c1-3-18-11-14(13-8-6-5-7-9-13)10-16-15(17)12-19-20(16)4-2/h5-9,12,14,18H,3-4,10-11H2,1-2H3. The van der Waals surface area contributed by atoms with E-state index in [1.165, 1.54) is 11.3 Å². The maximum Gasteiger partial charge on any atom is 0.0635 e. The van der Waals surface area contributed by atoms with Crippen LogP contribution in [-0.4, -0.2) is 22.9 Å². The number of rotatable bonds is 7. The first-order valence-corrected chi connectivity index (χ1v) is 8.01. The predicted molar refractivity (Wildman–Crippen MR) is 87.0 cm³/mol. The number of hydrogen-bond donors (Lipinski definition) is 1. The molecule has 0 saturated heterocycles. The average Bonchev–Trinajstić information content (AvgIpc) is 2.84. The van der Waals surface area contributed by atoms with Crippen LogP contribution >= 0.6 is 15.9 Å². The van der Waals surface area contributed by atoms with Gasteiger partial charge in [0, 0.05) is 19.0 Å². The molecule has 1 N–H and O–H groups in total. The van der Waals surface area contributed by atoms with Crippen molar-refractivity contribution in [3.8, 4) is 0 Å². The van der Waals surface area contributed by atoms with Crippen molar-refractivity contribution in [2.75, 3.05) is 13.1 Å². The van der Waals surface area contributed by atoms with Gasteiger partial charge in [0.25, 0.3) is 0 Å². The molecule has 1 atom stereocenters. The van der Waals surface area contributed by atoms with Crippen molar-refractivity contribution in [3.63, 3.8) is 0 Å². The molecule has 0 aliphatic carbocycles. The lowest BCUT2D eigenvalue weighted by Gasteiger charge is -2.19. The van der Waals surface area contributed by atoms with E-state index in [1.807, 2.05) is 6.20 Å². The Morgan fingerprint density at radius 2 is 2.00 bits per heavy atom. The van der Waals surface area contributed by atoms with Crippen molar-refractivity contribution in [2.45, 2.75) is 32.7 Å². The van der Waals surface area contributed by atoms with Crippen LogP contribution in [0.4, 0.5) is 0 Å². The summed E-state index contributed by atoms with van der Waals surface area (Å²) in [7, 11) is 0. The van der Waals surface area contributed by atoms with Gasteiger partial charge in [-0.3, -0.25) is 4.68 Å². The molecule has 0 aliphatic rings. The van der Waals surface area contributed by atoms with Gasteiger partial charge in [-0.2, -0.15) is 5.10 Å². The summed E-state index contributed by atoms with van der Waals surface area (Å²) in [6.07, 6.45) is 2.89. The zero-order valence-electron chi connectivity index (χ0n) is 12.1. The summed E-state index contributed by atoms with van der Waals surface area (Å²) in [5.41, 5.74) is 2.66. The molecule has 108 valence electrons. The Labute approximate surface area is 129 Å². The summed E-state index contributed by atoms with van der Waals surface area (Å²) in [6, 6.07) is 10.7. The molecule has 0 fully saturated rings. The Bertz CT molecular complexity index is 522. The Morgan fingerprint density at radius 3 is 2.65 bits per heavy atom. The molecule has 4 heteroatoms. The largest absolute Gasteiger partial charge is 0.316 e. The van der Waals surface area contributed by atoms with Gasteiger partial charge in [0.2, 0.25) is 0 Å². The molecule has 0 radical (unpaired) electrons. The molecule has 2 aromatic rings. The minimum Gasteiger partial charge on any atom is -0.316 e. The van der Waals surface area contributed by atoms with Crippen molar-refractivity contribution in [3.05, 3.63) is 52.3 Å². The molecule has 1 aromatic carbocycles. The van der Waals surface area contributed by atoms with E-state index in [-0.39, 0.29) is 0 Å². The van der Waals surface area contributed by atoms with E-state index in [2.05, 4.69) is 75.2 Å². The third kappa shape index (κ3) is 3.70. The lowest BCUT2D eigenvalue weighted by molar-refractivity contribution is 0.551. The van der Waals surface area contributed by atoms with E-state index in [0.29, 0.717) is 5.92 Å². The summed E-state index contributed by atoms with van der Waals surface area (Å²) >= 11 is 3.62. The van der Waals surface area contributed by atoms with Crippen molar-refractivity contribution in [2.24, 2.45) is 0 Å². The second-order valence-electron chi connectivity index (χ2n) is 4.87. The van der Waals surface area contributed by atoms with Crippen LogP contribution in [0.2, 0.25) is 0 Å². The normalized spacial score (nSPS) is 12.6. The highest BCUT2D eigenvalue weighted by Gasteiger charge is 2.16. The van der Waals surface area contributed by atoms with E-state index < -0.39 is 0 Å². The van der Waals surface area contributed by atoms with Gasteiger partial charge in [0.1, 0.15) is 0 Å². The summed E-state index contributed by atoms with van der Waals surface area (Å²) in [5.74, 6) is 0.467. The van der Waals surface area contributed by atoms with Crippen LogP contribution in [0.15, 0.2) is 41.0 Å². The molecular weight excluding hydrogens is 314 g/mol. The number of hydrogen-bond acceptors (Lipinski definition) is 2. The molecule has 1 heterocycles. The lowest BCUT2D eigenvalue weighted by Crippen LogP contribution is -2.23. The number of nitrogens with zero attached hydrogens (tertiary/aromatic N) is 2. The van der Waals surface area contributed by atoms with Gasteiger partial charge >= 0.3 is 0 Å². The highest BCUT2D eigenvalue weighted by atomic mass is 79.9. The van der Waals surface area contributed by atoms with Gasteiger partial charge < -0.3 is 5.32 Å². The molecule has 0 saturated carbocycles. The highest BCUT2D eigenvalue weighted by molar-refractivity contribution is 9.10. The van der Waals surface area contributed by atoms with Crippen LogP contribution < -0.4 is 5.32 Å². The number of likely N-dealkylation sites (N-methyl/N-ethyl adjacent to an activating group) is 1. The fourth-order valence-electron chi connectivity index (χ4n) is 2.45. The second kappa shape index (κ2) is 7.60. The average molecular weight is 336 g/mol. The maximum absolute atomic E-state index is 4.41. The number of aryl methyl sites for hydroxylation is 1. The lowest BCUT2D eigenvalue weighted by atomic mass is 9.94. The first-order valence-electron chi connectivity index (χ1n) is 7.22. The third-order valence-corrected chi connectivity index (χ3v) is 4.21. The van der Waals surface area contributed by atoms with Gasteiger partial charge in [-0.05, 0) is 41.4 Å². The second-order valence-corrected chi connectivity index (χ2v) is 5.73. The fraction of sp³-hybridized carbons (Fsp3) is 0.438. The molecule has 3 nitrogen and oxygen atoms in total. The first kappa shape index (κ1) is 15.3. The number of aromatic nitrogens is 2. The minimum absolute atomic E-state index is 0.467.